The molecule has 0 bridgehead atoms. The zero-order chi connectivity index (χ0) is 50.0. The highest BCUT2D eigenvalue weighted by molar-refractivity contribution is 5.71. The Labute approximate surface area is 424 Å². The lowest BCUT2D eigenvalue weighted by molar-refractivity contribution is -0.167. The van der Waals surface area contributed by atoms with Crippen LogP contribution >= 0.6 is 0 Å². The summed E-state index contributed by atoms with van der Waals surface area (Å²) in [5.41, 5.74) is 0. The van der Waals surface area contributed by atoms with Crippen LogP contribution < -0.4 is 0 Å². The maximum atomic E-state index is 12.8. The van der Waals surface area contributed by atoms with E-state index in [-0.39, 0.29) is 31.1 Å². The second-order valence-electron chi connectivity index (χ2n) is 18.1. The zero-order valence-electron chi connectivity index (χ0n) is 44.5. The molecule has 0 aliphatic rings. The normalized spacial score (nSPS) is 13.0. The van der Waals surface area contributed by atoms with Crippen molar-refractivity contribution in [2.75, 3.05) is 13.2 Å². The first kappa shape index (κ1) is 64.8. The Morgan fingerprint density at radius 3 is 0.913 bits per heavy atom. The maximum absolute atomic E-state index is 12.8. The quantitative estimate of drug-likeness (QED) is 0.0262. The number of esters is 3. The molecule has 0 aromatic rings. The van der Waals surface area contributed by atoms with Crippen molar-refractivity contribution in [3.8, 4) is 0 Å². The van der Waals surface area contributed by atoms with Crippen LogP contribution in [-0.2, 0) is 28.6 Å². The van der Waals surface area contributed by atoms with Gasteiger partial charge in [0.15, 0.2) is 6.10 Å². The van der Waals surface area contributed by atoms with Gasteiger partial charge in [-0.1, -0.05) is 213 Å². The van der Waals surface area contributed by atoms with Gasteiger partial charge in [-0.05, 0) is 128 Å². The van der Waals surface area contributed by atoms with Crippen molar-refractivity contribution in [2.24, 2.45) is 0 Å². The Morgan fingerprint density at radius 2 is 0.565 bits per heavy atom. The number of hydrogen-bond acceptors (Lipinski definition) is 6. The number of allylic oxidation sites excluding steroid dienone is 20. The molecule has 0 fully saturated rings. The molecule has 0 rings (SSSR count). The molecular weight excluding hydrogens is 853 g/mol. The van der Waals surface area contributed by atoms with Gasteiger partial charge in [-0.15, -0.1) is 0 Å². The van der Waals surface area contributed by atoms with Gasteiger partial charge in [0.2, 0.25) is 0 Å². The SMILES string of the molecule is CC/C=C\C/C=C\C/C=C\C/C=C\C/C=C\CCCCCC(=O)OC[C@H](COC(=O)CCCCCC/C=C\C/C=C\C/C=C\C/C=C\CC)OC(=O)CCCCCCC/C=C\CCCCCCCC. The molecule has 0 spiro atoms. The molecule has 0 unspecified atom stereocenters. The second-order valence-corrected chi connectivity index (χ2v) is 18.1. The highest BCUT2D eigenvalue weighted by Gasteiger charge is 2.19. The van der Waals surface area contributed by atoms with E-state index in [9.17, 15) is 14.4 Å². The minimum Gasteiger partial charge on any atom is -0.462 e. The Balaban J connectivity index is 4.52. The van der Waals surface area contributed by atoms with Crippen molar-refractivity contribution >= 4 is 17.9 Å². The van der Waals surface area contributed by atoms with Crippen molar-refractivity contribution in [2.45, 2.75) is 245 Å². The Hall–Kier alpha value is -4.19. The first-order chi connectivity index (χ1) is 34.0. The van der Waals surface area contributed by atoms with Crippen LogP contribution in [0.4, 0.5) is 0 Å². The van der Waals surface area contributed by atoms with E-state index in [1.807, 2.05) is 0 Å². The van der Waals surface area contributed by atoms with Gasteiger partial charge in [-0.2, -0.15) is 0 Å². The van der Waals surface area contributed by atoms with Crippen molar-refractivity contribution < 1.29 is 28.6 Å². The predicted molar refractivity (Wildman–Crippen MR) is 297 cm³/mol. The minimum absolute atomic E-state index is 0.108. The fourth-order valence-electron chi connectivity index (χ4n) is 7.28. The molecule has 69 heavy (non-hydrogen) atoms. The highest BCUT2D eigenvalue weighted by atomic mass is 16.6. The van der Waals surface area contributed by atoms with Gasteiger partial charge in [-0.3, -0.25) is 14.4 Å². The standard InChI is InChI=1S/C63H102O6/c1-4-7-10-13-16-19-22-25-28-30-31-33-36-38-41-44-47-50-53-56-62(65)68-59-60(69-63(66)57-54-51-48-45-42-39-34-27-24-21-18-15-12-9-6-3)58-67-61(64)55-52-49-46-43-40-37-35-32-29-26-23-20-17-14-11-8-5-2/h7-8,10-11,16-17,19-20,25-29,31,33-35,37-38,41,60H,4-6,9,12-15,18,21-24,30,32,36,39-40,42-59H2,1-3H3/b10-7-,11-8-,19-16-,20-17-,28-25-,29-26-,33-31-,34-27-,37-35-,41-38-/t60-/m0/s1. The van der Waals surface area contributed by atoms with Crippen LogP contribution in [0.1, 0.15) is 239 Å². The maximum Gasteiger partial charge on any atom is 0.306 e. The molecule has 0 radical (unpaired) electrons. The summed E-state index contributed by atoms with van der Waals surface area (Å²) in [6.45, 7) is 6.34. The smallest absolute Gasteiger partial charge is 0.306 e. The van der Waals surface area contributed by atoms with Crippen molar-refractivity contribution in [1.82, 2.24) is 0 Å². The predicted octanol–water partition coefficient (Wildman–Crippen LogP) is 18.9. The second kappa shape index (κ2) is 56.4. The van der Waals surface area contributed by atoms with E-state index in [1.54, 1.807) is 0 Å². The first-order valence-corrected chi connectivity index (χ1v) is 28.0. The van der Waals surface area contributed by atoms with Crippen LogP contribution in [0.2, 0.25) is 0 Å². The van der Waals surface area contributed by atoms with Crippen molar-refractivity contribution in [3.05, 3.63) is 122 Å². The fourth-order valence-corrected chi connectivity index (χ4v) is 7.28. The highest BCUT2D eigenvalue weighted by Crippen LogP contribution is 2.13. The van der Waals surface area contributed by atoms with Gasteiger partial charge in [0.05, 0.1) is 0 Å². The number of carbonyl (C=O) groups excluding carboxylic acids is 3. The van der Waals surface area contributed by atoms with E-state index in [0.29, 0.717) is 19.3 Å². The van der Waals surface area contributed by atoms with Crippen LogP contribution in [-0.4, -0.2) is 37.2 Å². The third-order valence-electron chi connectivity index (χ3n) is 11.4. The lowest BCUT2D eigenvalue weighted by atomic mass is 10.1. The molecule has 0 aliphatic heterocycles. The zero-order valence-corrected chi connectivity index (χ0v) is 44.5. The lowest BCUT2D eigenvalue weighted by Gasteiger charge is -2.18. The molecule has 6 nitrogen and oxygen atoms in total. The largest absolute Gasteiger partial charge is 0.462 e. The number of rotatable bonds is 49. The van der Waals surface area contributed by atoms with Crippen LogP contribution in [0.15, 0.2) is 122 Å². The Bertz CT molecular complexity index is 1470. The van der Waals surface area contributed by atoms with Gasteiger partial charge in [0.1, 0.15) is 13.2 Å². The van der Waals surface area contributed by atoms with E-state index in [2.05, 4.69) is 142 Å². The summed E-state index contributed by atoms with van der Waals surface area (Å²) in [5.74, 6) is -0.973. The Morgan fingerprint density at radius 1 is 0.304 bits per heavy atom. The summed E-state index contributed by atoms with van der Waals surface area (Å²) in [7, 11) is 0. The molecule has 0 heterocycles. The number of unbranched alkanes of at least 4 members (excludes halogenated alkanes) is 18. The monoisotopic (exact) mass is 955 g/mol. The van der Waals surface area contributed by atoms with Crippen LogP contribution in [0, 0.1) is 0 Å². The average Bonchev–Trinajstić information content (AvgIpc) is 3.35. The van der Waals surface area contributed by atoms with Crippen molar-refractivity contribution in [1.29, 1.82) is 0 Å². The molecule has 0 amide bonds. The third kappa shape index (κ3) is 54.6. The molecule has 0 saturated heterocycles. The molecule has 0 N–H and O–H groups in total. The van der Waals surface area contributed by atoms with E-state index in [0.717, 1.165) is 148 Å². The van der Waals surface area contributed by atoms with E-state index in [1.165, 1.54) is 51.4 Å². The minimum atomic E-state index is -0.810. The topological polar surface area (TPSA) is 78.9 Å². The Kier molecular flexibility index (Phi) is 53.0. The van der Waals surface area contributed by atoms with Gasteiger partial charge < -0.3 is 14.2 Å². The van der Waals surface area contributed by atoms with Gasteiger partial charge in [-0.25, -0.2) is 0 Å². The van der Waals surface area contributed by atoms with E-state index in [4.69, 9.17) is 14.2 Å². The lowest BCUT2D eigenvalue weighted by Crippen LogP contribution is -2.30. The summed E-state index contributed by atoms with van der Waals surface area (Å²) in [4.78, 5) is 38.1. The van der Waals surface area contributed by atoms with Crippen molar-refractivity contribution in [3.63, 3.8) is 0 Å². The van der Waals surface area contributed by atoms with E-state index < -0.39 is 6.10 Å². The molecule has 1 atom stereocenters. The summed E-state index contributed by atoms with van der Waals surface area (Å²) < 4.78 is 16.8. The van der Waals surface area contributed by atoms with Crippen LogP contribution in [0.25, 0.3) is 0 Å². The van der Waals surface area contributed by atoms with Gasteiger partial charge in [0, 0.05) is 19.3 Å². The van der Waals surface area contributed by atoms with Crippen LogP contribution in [0.3, 0.4) is 0 Å². The number of ether oxygens (including phenoxy) is 3. The van der Waals surface area contributed by atoms with Gasteiger partial charge >= 0.3 is 17.9 Å². The van der Waals surface area contributed by atoms with Gasteiger partial charge in [0.25, 0.3) is 0 Å². The first-order valence-electron chi connectivity index (χ1n) is 28.0. The third-order valence-corrected chi connectivity index (χ3v) is 11.4. The molecular formula is C63H102O6. The fraction of sp³-hybridized carbons (Fsp3) is 0.635. The number of hydrogen-bond donors (Lipinski definition) is 0. The van der Waals surface area contributed by atoms with Crippen LogP contribution in [0.5, 0.6) is 0 Å². The molecule has 0 aliphatic carbocycles. The molecule has 0 saturated carbocycles. The average molecular weight is 956 g/mol. The summed E-state index contributed by atoms with van der Waals surface area (Å²) >= 11 is 0. The summed E-state index contributed by atoms with van der Waals surface area (Å²) in [6.07, 6.45) is 77.5. The van der Waals surface area contributed by atoms with E-state index >= 15 is 0 Å². The molecule has 6 heteroatoms. The molecule has 0 aromatic heterocycles. The molecule has 390 valence electrons. The number of carbonyl (C=O) groups is 3. The molecule has 0 aromatic carbocycles. The summed E-state index contributed by atoms with van der Waals surface area (Å²) in [5, 5.41) is 0. The summed E-state index contributed by atoms with van der Waals surface area (Å²) in [6, 6.07) is 0.